The van der Waals surface area contributed by atoms with Gasteiger partial charge in [0.05, 0.1) is 0 Å². The average Bonchev–Trinajstić information content (AvgIpc) is 1.43. The molecule has 0 fully saturated rings. The molecule has 17 heavy (non-hydrogen) atoms. The van der Waals surface area contributed by atoms with Crippen LogP contribution in [0.1, 0.15) is 5.71 Å². The summed E-state index contributed by atoms with van der Waals surface area (Å²) in [5.74, 6) is 0. The van der Waals surface area contributed by atoms with Crippen LogP contribution in [-0.4, -0.2) is 24.5 Å². The molecule has 0 aliphatic heterocycles. The summed E-state index contributed by atoms with van der Waals surface area (Å²) < 4.78 is 36.4. The van der Waals surface area contributed by atoms with Gasteiger partial charge in [0, 0.05) is 0 Å². The molecule has 5 N–H and O–H groups in total. The second kappa shape index (κ2) is 15.2. The minimum atomic E-state index is -5.46. The monoisotopic (exact) mass is 418 g/mol. The molecule has 0 rings (SSSR count). The fraction of sp³-hybridized carbons (Fsp3) is 0. The van der Waals surface area contributed by atoms with Gasteiger partial charge in [-0.3, -0.25) is 0 Å². The van der Waals surface area contributed by atoms with Gasteiger partial charge < -0.3 is 30.2 Å². The van der Waals surface area contributed by atoms with E-state index in [1.165, 1.54) is 0 Å². The fourth-order valence-electron chi connectivity index (χ4n) is 0.284. The van der Waals surface area contributed by atoms with Crippen LogP contribution < -0.4 is 206 Å². The van der Waals surface area contributed by atoms with Crippen LogP contribution in [0.3, 0.4) is 0 Å². The molecule has 0 spiro atoms. The van der Waals surface area contributed by atoms with E-state index in [1.54, 1.807) is 0 Å². The minimum Gasteiger partial charge on any atom is -1.00 e. The van der Waals surface area contributed by atoms with Gasteiger partial charge in [-0.2, -0.15) is 8.62 Å². The van der Waals surface area contributed by atoms with Crippen molar-refractivity contribution in [2.75, 3.05) is 0 Å². The molecule has 0 saturated carbocycles. The summed E-state index contributed by atoms with van der Waals surface area (Å²) in [6.07, 6.45) is 0. The normalized spacial score (nSPS) is 11.1. The maximum Gasteiger partial charge on any atom is 1.00 e. The molecule has 0 aliphatic rings. The van der Waals surface area contributed by atoms with Gasteiger partial charge in [-0.15, -0.1) is 0 Å². The Morgan fingerprint density at radius 1 is 0.647 bits per heavy atom. The van der Waals surface area contributed by atoms with E-state index in [1.807, 2.05) is 0 Å². The zero-order valence-electron chi connectivity index (χ0n) is 13.6. The van der Waals surface area contributed by atoms with Gasteiger partial charge in [-0.1, -0.05) is 0 Å². The van der Waals surface area contributed by atoms with Gasteiger partial charge in [0.2, 0.25) is 0 Å². The molecule has 0 heterocycles. The van der Waals surface area contributed by atoms with Gasteiger partial charge in [0.25, 0.3) is 0 Å². The van der Waals surface area contributed by atoms with E-state index in [0.29, 0.717) is 0 Å². The Bertz CT molecular complexity index is 300. The van der Waals surface area contributed by atoms with E-state index in [4.69, 9.17) is 24.5 Å². The minimum absolute atomic E-state index is 0. The molecular formula is H9K4O10P3. The van der Waals surface area contributed by atoms with Crippen molar-refractivity contribution in [2.24, 2.45) is 0 Å². The predicted octanol–water partition coefficient (Wildman–Crippen LogP) is -12.2. The quantitative estimate of drug-likeness (QED) is 0.218. The zero-order valence-corrected chi connectivity index (χ0v) is 24.8. The third-order valence-electron chi connectivity index (χ3n) is 0.419. The van der Waals surface area contributed by atoms with E-state index < -0.39 is 23.5 Å². The summed E-state index contributed by atoms with van der Waals surface area (Å²) in [7, 11) is -16.2. The van der Waals surface area contributed by atoms with Crippen LogP contribution in [0.4, 0.5) is 0 Å². The van der Waals surface area contributed by atoms with Crippen molar-refractivity contribution in [3.63, 3.8) is 0 Å². The molecule has 0 saturated heterocycles. The van der Waals surface area contributed by atoms with Crippen molar-refractivity contribution in [1.29, 1.82) is 0 Å². The van der Waals surface area contributed by atoms with Crippen LogP contribution >= 0.6 is 23.5 Å². The molecule has 10 nitrogen and oxygen atoms in total. The Hall–Kier alpha value is 6.96. The Kier molecular flexibility index (Phi) is 31.5. The third kappa shape index (κ3) is 28.1. The van der Waals surface area contributed by atoms with E-state index in [2.05, 4.69) is 8.62 Å². The van der Waals surface area contributed by atoms with Gasteiger partial charge in [-0.25, -0.2) is 13.7 Å². The standard InChI is InChI=1S/4K.H5O10P3.4H/c;;;;1-11(2,3)9-13(7,8)10-12(4,5)6;;;;/h;;;;(H,7,8)(H2,1,2,3)(H2,4,5,6);;;;/q4*+1;;4*-1. The number of hydrogen-bond acceptors (Lipinski definition) is 5. The zero-order chi connectivity index (χ0) is 10.9. The van der Waals surface area contributed by atoms with Crippen LogP contribution in [0.5, 0.6) is 0 Å². The molecule has 0 aromatic heterocycles. The first-order chi connectivity index (χ1) is 5.41. The van der Waals surface area contributed by atoms with E-state index in [-0.39, 0.29) is 211 Å². The third-order valence-corrected chi connectivity index (χ3v) is 3.77. The Morgan fingerprint density at radius 2 is 0.824 bits per heavy atom. The summed E-state index contributed by atoms with van der Waals surface area (Å²) >= 11 is 0. The van der Waals surface area contributed by atoms with Crippen LogP contribution in [-0.2, 0) is 22.3 Å². The molecule has 0 amide bonds. The number of hydrogen-bond donors (Lipinski definition) is 5. The maximum absolute atomic E-state index is 10.4. The second-order valence-corrected chi connectivity index (χ2v) is 5.82. The van der Waals surface area contributed by atoms with E-state index in [9.17, 15) is 13.7 Å². The molecule has 0 aromatic rings. The van der Waals surface area contributed by atoms with Crippen LogP contribution in [0.2, 0.25) is 0 Å². The van der Waals surface area contributed by atoms with Crippen molar-refractivity contribution >= 4 is 23.5 Å². The van der Waals surface area contributed by atoms with Crippen LogP contribution in [0.25, 0.3) is 0 Å². The first kappa shape index (κ1) is 35.1. The summed E-state index contributed by atoms with van der Waals surface area (Å²) in [5.41, 5.74) is 0. The van der Waals surface area contributed by atoms with E-state index in [0.717, 1.165) is 0 Å². The molecular weight excluding hydrogens is 409 g/mol. The molecule has 0 aliphatic carbocycles. The summed E-state index contributed by atoms with van der Waals surface area (Å²) in [4.78, 5) is 40.2. The average molecular weight is 418 g/mol. The summed E-state index contributed by atoms with van der Waals surface area (Å²) in [5, 5.41) is 0. The first-order valence-corrected chi connectivity index (χ1v) is 6.83. The van der Waals surface area contributed by atoms with Gasteiger partial charge in [0.15, 0.2) is 0 Å². The van der Waals surface area contributed by atoms with Gasteiger partial charge >= 0.3 is 229 Å². The largest absolute Gasteiger partial charge is 1.00 e. The van der Waals surface area contributed by atoms with Crippen molar-refractivity contribution in [1.82, 2.24) is 0 Å². The van der Waals surface area contributed by atoms with Crippen molar-refractivity contribution in [3.05, 3.63) is 0 Å². The maximum atomic E-state index is 10.4. The molecule has 0 unspecified atom stereocenters. The first-order valence-electron chi connectivity index (χ1n) is 2.28. The van der Waals surface area contributed by atoms with Crippen molar-refractivity contribution < 1.29 is 258 Å². The molecule has 88 valence electrons. The van der Waals surface area contributed by atoms with Gasteiger partial charge in [0.1, 0.15) is 0 Å². The summed E-state index contributed by atoms with van der Waals surface area (Å²) in [6, 6.07) is 0. The second-order valence-electron chi connectivity index (χ2n) is 1.61. The molecule has 0 radical (unpaired) electrons. The topological polar surface area (TPSA) is 171 Å². The fourth-order valence-corrected chi connectivity index (χ4v) is 2.82. The summed E-state index contributed by atoms with van der Waals surface area (Å²) in [6.45, 7) is 0. The van der Waals surface area contributed by atoms with Crippen LogP contribution in [0.15, 0.2) is 0 Å². The predicted molar refractivity (Wildman–Crippen MR) is 40.5 cm³/mol. The van der Waals surface area contributed by atoms with Crippen molar-refractivity contribution in [2.45, 2.75) is 0 Å². The SMILES string of the molecule is O=P(O)(O)OP(=O)(O)OP(=O)(O)O.[H-].[H-].[H-].[H-].[K+].[K+].[K+].[K+]. The Morgan fingerprint density at radius 3 is 0.941 bits per heavy atom. The van der Waals surface area contributed by atoms with Crippen LogP contribution in [0, 0.1) is 0 Å². The van der Waals surface area contributed by atoms with Crippen molar-refractivity contribution in [3.8, 4) is 0 Å². The number of phosphoric acid groups is 3. The van der Waals surface area contributed by atoms with Gasteiger partial charge in [-0.05, 0) is 0 Å². The Balaban J connectivity index is -0.0000000257. The molecule has 0 bridgehead atoms. The molecule has 0 atom stereocenters. The molecule has 17 heteroatoms. The molecule has 0 aromatic carbocycles. The smallest absolute Gasteiger partial charge is 1.00 e. The Labute approximate surface area is 273 Å². The number of rotatable bonds is 4. The van der Waals surface area contributed by atoms with E-state index >= 15 is 0 Å².